The van der Waals surface area contributed by atoms with Crippen molar-refractivity contribution in [2.24, 2.45) is 0 Å². The number of carboxylic acid groups (broad SMARTS) is 1. The SMILES string of the molecule is CC(=O)O.COC1CNCC(NC(=O)C(F)(F)F)C1. The number of halogens is 3. The summed E-state index contributed by atoms with van der Waals surface area (Å²) in [5, 5.41) is 12.2. The Hall–Kier alpha value is -1.35. The molecule has 19 heavy (non-hydrogen) atoms. The maximum absolute atomic E-state index is 11.9. The summed E-state index contributed by atoms with van der Waals surface area (Å²) >= 11 is 0. The third kappa shape index (κ3) is 8.38. The molecule has 0 aromatic rings. The number of aliphatic carboxylic acids is 1. The van der Waals surface area contributed by atoms with Crippen LogP contribution in [-0.4, -0.2) is 55.5 Å². The van der Waals surface area contributed by atoms with Crippen LogP contribution in [0.3, 0.4) is 0 Å². The maximum atomic E-state index is 11.9. The zero-order valence-electron chi connectivity index (χ0n) is 10.6. The van der Waals surface area contributed by atoms with E-state index in [0.29, 0.717) is 19.5 Å². The van der Waals surface area contributed by atoms with Crippen LogP contribution in [0.5, 0.6) is 0 Å². The van der Waals surface area contributed by atoms with Gasteiger partial charge < -0.3 is 20.5 Å². The molecule has 1 aliphatic rings. The summed E-state index contributed by atoms with van der Waals surface area (Å²) in [5.41, 5.74) is 0. The van der Waals surface area contributed by atoms with Crippen LogP contribution >= 0.6 is 0 Å². The second-order valence-electron chi connectivity index (χ2n) is 3.94. The maximum Gasteiger partial charge on any atom is 0.471 e. The summed E-state index contributed by atoms with van der Waals surface area (Å²) in [5.74, 6) is -2.73. The van der Waals surface area contributed by atoms with E-state index in [4.69, 9.17) is 14.6 Å². The van der Waals surface area contributed by atoms with E-state index >= 15 is 0 Å². The molecule has 0 radical (unpaired) electrons. The van der Waals surface area contributed by atoms with Gasteiger partial charge in [0.05, 0.1) is 6.10 Å². The van der Waals surface area contributed by atoms with E-state index < -0.39 is 24.1 Å². The van der Waals surface area contributed by atoms with Crippen LogP contribution in [0.25, 0.3) is 0 Å². The molecule has 9 heteroatoms. The van der Waals surface area contributed by atoms with Crippen LogP contribution in [0, 0.1) is 0 Å². The first kappa shape index (κ1) is 17.6. The molecule has 1 saturated heterocycles. The fraction of sp³-hybridized carbons (Fsp3) is 0.800. The quantitative estimate of drug-likeness (QED) is 0.672. The first-order valence-electron chi connectivity index (χ1n) is 5.47. The van der Waals surface area contributed by atoms with Gasteiger partial charge in [0, 0.05) is 33.2 Å². The predicted molar refractivity (Wildman–Crippen MR) is 59.6 cm³/mol. The van der Waals surface area contributed by atoms with Gasteiger partial charge in [0.15, 0.2) is 0 Å². The smallest absolute Gasteiger partial charge is 0.471 e. The van der Waals surface area contributed by atoms with Gasteiger partial charge in [0.2, 0.25) is 0 Å². The third-order valence-electron chi connectivity index (χ3n) is 2.24. The molecule has 0 aromatic carbocycles. The lowest BCUT2D eigenvalue weighted by atomic mass is 10.1. The van der Waals surface area contributed by atoms with E-state index in [9.17, 15) is 18.0 Å². The first-order valence-corrected chi connectivity index (χ1v) is 5.47. The highest BCUT2D eigenvalue weighted by Crippen LogP contribution is 2.15. The molecule has 0 spiro atoms. The molecule has 1 amide bonds. The molecule has 3 N–H and O–H groups in total. The Kier molecular flexibility index (Phi) is 7.38. The number of hydrogen-bond acceptors (Lipinski definition) is 4. The monoisotopic (exact) mass is 286 g/mol. The fourth-order valence-electron chi connectivity index (χ4n) is 1.46. The second-order valence-corrected chi connectivity index (χ2v) is 3.94. The molecule has 1 heterocycles. The van der Waals surface area contributed by atoms with Crippen molar-refractivity contribution in [1.29, 1.82) is 0 Å². The Labute approximate surface area is 108 Å². The number of piperidine rings is 1. The molecule has 6 nitrogen and oxygen atoms in total. The van der Waals surface area contributed by atoms with Crippen molar-refractivity contribution < 1.29 is 32.6 Å². The Bertz CT molecular complexity index is 306. The first-order chi connectivity index (χ1) is 8.66. The van der Waals surface area contributed by atoms with Gasteiger partial charge in [-0.1, -0.05) is 0 Å². The number of carbonyl (C=O) groups is 2. The van der Waals surface area contributed by atoms with E-state index in [2.05, 4.69) is 5.32 Å². The number of carboxylic acids is 1. The predicted octanol–water partition coefficient (Wildman–Crippen LogP) is 0.133. The molecule has 0 bridgehead atoms. The highest BCUT2D eigenvalue weighted by atomic mass is 19.4. The fourth-order valence-corrected chi connectivity index (χ4v) is 1.46. The van der Waals surface area contributed by atoms with Crippen molar-refractivity contribution in [2.45, 2.75) is 31.7 Å². The van der Waals surface area contributed by atoms with E-state index in [1.165, 1.54) is 7.11 Å². The summed E-state index contributed by atoms with van der Waals surface area (Å²) in [6.07, 6.45) is -4.58. The number of rotatable bonds is 2. The number of carbonyl (C=O) groups excluding carboxylic acids is 1. The van der Waals surface area contributed by atoms with Gasteiger partial charge in [-0.15, -0.1) is 0 Å². The van der Waals surface area contributed by atoms with Gasteiger partial charge in [0.25, 0.3) is 5.97 Å². The minimum Gasteiger partial charge on any atom is -0.481 e. The third-order valence-corrected chi connectivity index (χ3v) is 2.24. The molecular weight excluding hydrogens is 269 g/mol. The van der Waals surface area contributed by atoms with E-state index in [1.54, 1.807) is 0 Å². The minimum atomic E-state index is -4.82. The Morgan fingerprint density at radius 3 is 2.32 bits per heavy atom. The van der Waals surface area contributed by atoms with Gasteiger partial charge in [0.1, 0.15) is 0 Å². The zero-order valence-corrected chi connectivity index (χ0v) is 10.6. The summed E-state index contributed by atoms with van der Waals surface area (Å²) in [6.45, 7) is 2.01. The molecule has 1 rings (SSSR count). The summed E-state index contributed by atoms with van der Waals surface area (Å²) < 4.78 is 40.8. The lowest BCUT2D eigenvalue weighted by molar-refractivity contribution is -0.174. The highest BCUT2D eigenvalue weighted by molar-refractivity contribution is 5.81. The molecule has 1 fully saturated rings. The van der Waals surface area contributed by atoms with Crippen molar-refractivity contribution in [3.63, 3.8) is 0 Å². The van der Waals surface area contributed by atoms with Gasteiger partial charge in [-0.05, 0) is 6.42 Å². The number of amides is 1. The second kappa shape index (κ2) is 7.95. The van der Waals surface area contributed by atoms with E-state index in [1.807, 2.05) is 5.32 Å². The lowest BCUT2D eigenvalue weighted by Crippen LogP contribution is -2.53. The molecule has 0 aliphatic carbocycles. The van der Waals surface area contributed by atoms with E-state index in [0.717, 1.165) is 6.92 Å². The van der Waals surface area contributed by atoms with Gasteiger partial charge >= 0.3 is 12.1 Å². The van der Waals surface area contributed by atoms with Crippen LogP contribution in [-0.2, 0) is 14.3 Å². The molecule has 2 unspecified atom stereocenters. The molecule has 1 aliphatic heterocycles. The van der Waals surface area contributed by atoms with Gasteiger partial charge in [-0.2, -0.15) is 13.2 Å². The minimum absolute atomic E-state index is 0.155. The van der Waals surface area contributed by atoms with E-state index in [-0.39, 0.29) is 6.10 Å². The Balaban J connectivity index is 0.000000711. The van der Waals surface area contributed by atoms with Gasteiger partial charge in [-0.3, -0.25) is 9.59 Å². The molecule has 0 saturated carbocycles. The van der Waals surface area contributed by atoms with Gasteiger partial charge in [-0.25, -0.2) is 0 Å². The van der Waals surface area contributed by atoms with Crippen molar-refractivity contribution >= 4 is 11.9 Å². The van der Waals surface area contributed by atoms with Crippen molar-refractivity contribution in [3.05, 3.63) is 0 Å². The molecule has 0 aromatic heterocycles. The topological polar surface area (TPSA) is 87.7 Å². The molecule has 112 valence electrons. The van der Waals surface area contributed by atoms with Crippen LogP contribution in [0.4, 0.5) is 13.2 Å². The van der Waals surface area contributed by atoms with Crippen LogP contribution < -0.4 is 10.6 Å². The number of nitrogens with one attached hydrogen (secondary N) is 2. The molecule has 2 atom stereocenters. The number of alkyl halides is 3. The Morgan fingerprint density at radius 2 is 1.89 bits per heavy atom. The molecular formula is C10H17F3N2O4. The number of ether oxygens (including phenoxy) is 1. The number of methoxy groups -OCH3 is 1. The number of hydrogen-bond donors (Lipinski definition) is 3. The normalized spacial score (nSPS) is 23.0. The Morgan fingerprint density at radius 1 is 1.37 bits per heavy atom. The zero-order chi connectivity index (χ0) is 15.1. The average molecular weight is 286 g/mol. The summed E-state index contributed by atoms with van der Waals surface area (Å²) in [7, 11) is 1.49. The van der Waals surface area contributed by atoms with Crippen LogP contribution in [0.1, 0.15) is 13.3 Å². The summed E-state index contributed by atoms with van der Waals surface area (Å²) in [6, 6.07) is -0.530. The average Bonchev–Trinajstić information content (AvgIpc) is 2.27. The lowest BCUT2D eigenvalue weighted by Gasteiger charge is -2.29. The van der Waals surface area contributed by atoms with Crippen molar-refractivity contribution in [3.8, 4) is 0 Å². The highest BCUT2D eigenvalue weighted by Gasteiger charge is 2.40. The van der Waals surface area contributed by atoms with Crippen LogP contribution in [0.15, 0.2) is 0 Å². The standard InChI is InChI=1S/C8H13F3N2O2.C2H4O2/c1-15-6-2-5(3-12-4-6)13-7(14)8(9,10)11;1-2(3)4/h5-6,12H,2-4H2,1H3,(H,13,14);1H3,(H,3,4). The summed E-state index contributed by atoms with van der Waals surface area (Å²) in [4.78, 5) is 19.6. The van der Waals surface area contributed by atoms with Crippen molar-refractivity contribution in [1.82, 2.24) is 10.6 Å². The van der Waals surface area contributed by atoms with Crippen molar-refractivity contribution in [2.75, 3.05) is 20.2 Å². The van der Waals surface area contributed by atoms with Crippen LogP contribution in [0.2, 0.25) is 0 Å². The largest absolute Gasteiger partial charge is 0.481 e.